The second kappa shape index (κ2) is 9.33. The van der Waals surface area contributed by atoms with Gasteiger partial charge in [0.05, 0.1) is 37.3 Å². The Morgan fingerprint density at radius 2 is 2.04 bits per heavy atom. The Hall–Kier alpha value is -2.19. The van der Waals surface area contributed by atoms with E-state index in [1.807, 2.05) is 13.0 Å². The minimum atomic E-state index is -0.433. The largest absolute Gasteiger partial charge is 0.465 e. The number of thiocarbonyl (C=S) groups is 1. The summed E-state index contributed by atoms with van der Waals surface area (Å²) in [6.45, 7) is 4.67. The van der Waals surface area contributed by atoms with Gasteiger partial charge in [-0.25, -0.2) is 4.79 Å². The highest BCUT2D eigenvalue weighted by Gasteiger charge is 2.18. The number of carbonyl (C=O) groups is 2. The predicted octanol–water partition coefficient (Wildman–Crippen LogP) is 1.92. The van der Waals surface area contributed by atoms with Crippen LogP contribution in [0, 0.1) is 0 Å². The predicted molar refractivity (Wildman–Crippen MR) is 100 cm³/mol. The number of anilines is 2. The van der Waals surface area contributed by atoms with Gasteiger partial charge in [0.2, 0.25) is 5.91 Å². The van der Waals surface area contributed by atoms with Crippen LogP contribution in [0.5, 0.6) is 0 Å². The van der Waals surface area contributed by atoms with Crippen LogP contribution in [0.4, 0.5) is 11.4 Å². The number of methoxy groups -OCH3 is 1. The number of hydrogen-bond acceptors (Lipinski definition) is 6. The van der Waals surface area contributed by atoms with Gasteiger partial charge in [0.15, 0.2) is 5.11 Å². The van der Waals surface area contributed by atoms with Crippen molar-refractivity contribution in [2.75, 3.05) is 43.6 Å². The SMILES string of the molecule is CCCC(=O)NC(=S)Nc1cc(C(=O)OC)ccc1N1CCOCC1. The summed E-state index contributed by atoms with van der Waals surface area (Å²) in [5, 5.41) is 5.87. The fraction of sp³-hybridized carbons (Fsp3) is 0.471. The number of carbonyl (C=O) groups excluding carboxylic acids is 2. The summed E-state index contributed by atoms with van der Waals surface area (Å²) in [5.74, 6) is -0.574. The van der Waals surface area contributed by atoms with E-state index in [4.69, 9.17) is 21.7 Å². The van der Waals surface area contributed by atoms with Crippen molar-refractivity contribution >= 4 is 40.6 Å². The Labute approximate surface area is 152 Å². The highest BCUT2D eigenvalue weighted by molar-refractivity contribution is 7.80. The van der Waals surface area contributed by atoms with Crippen molar-refractivity contribution in [3.05, 3.63) is 23.8 Å². The number of benzene rings is 1. The van der Waals surface area contributed by atoms with Gasteiger partial charge in [0.25, 0.3) is 0 Å². The van der Waals surface area contributed by atoms with Crippen LogP contribution in [0.3, 0.4) is 0 Å². The third-order valence-corrected chi connectivity index (χ3v) is 3.95. The first-order chi connectivity index (χ1) is 12.0. The van der Waals surface area contributed by atoms with Gasteiger partial charge in [-0.1, -0.05) is 6.92 Å². The molecule has 0 aliphatic carbocycles. The molecule has 7 nitrogen and oxygen atoms in total. The van der Waals surface area contributed by atoms with E-state index in [1.165, 1.54) is 7.11 Å². The average Bonchev–Trinajstić information content (AvgIpc) is 2.61. The molecule has 0 spiro atoms. The number of hydrogen-bond donors (Lipinski definition) is 2. The zero-order valence-electron chi connectivity index (χ0n) is 14.5. The van der Waals surface area contributed by atoms with Crippen molar-refractivity contribution in [2.45, 2.75) is 19.8 Å². The maximum atomic E-state index is 11.8. The zero-order valence-corrected chi connectivity index (χ0v) is 15.3. The van der Waals surface area contributed by atoms with Crippen molar-refractivity contribution in [3.8, 4) is 0 Å². The molecule has 1 heterocycles. The number of esters is 1. The summed E-state index contributed by atoms with van der Waals surface area (Å²) in [6.07, 6.45) is 1.14. The van der Waals surface area contributed by atoms with Gasteiger partial charge >= 0.3 is 5.97 Å². The molecule has 1 aromatic carbocycles. The van der Waals surface area contributed by atoms with E-state index < -0.39 is 5.97 Å². The topological polar surface area (TPSA) is 79.9 Å². The van der Waals surface area contributed by atoms with E-state index in [0.29, 0.717) is 30.9 Å². The number of nitrogens with one attached hydrogen (secondary N) is 2. The Kier molecular flexibility index (Phi) is 7.15. The molecule has 1 amide bonds. The summed E-state index contributed by atoms with van der Waals surface area (Å²) in [7, 11) is 1.33. The molecule has 0 radical (unpaired) electrons. The average molecular weight is 365 g/mol. The third-order valence-electron chi connectivity index (χ3n) is 3.75. The van der Waals surface area contributed by atoms with Gasteiger partial charge in [-0.3, -0.25) is 4.79 Å². The summed E-state index contributed by atoms with van der Waals surface area (Å²) in [5.41, 5.74) is 1.94. The number of ether oxygens (including phenoxy) is 2. The number of morpholine rings is 1. The van der Waals surface area contributed by atoms with Crippen molar-refractivity contribution in [2.24, 2.45) is 0 Å². The molecule has 2 rings (SSSR count). The molecule has 0 saturated carbocycles. The lowest BCUT2D eigenvalue weighted by Gasteiger charge is -2.31. The van der Waals surface area contributed by atoms with Gasteiger partial charge in [0, 0.05) is 19.5 Å². The van der Waals surface area contributed by atoms with Crippen LogP contribution in [0.2, 0.25) is 0 Å². The lowest BCUT2D eigenvalue weighted by atomic mass is 10.1. The molecule has 1 aromatic rings. The number of nitrogens with zero attached hydrogens (tertiary/aromatic N) is 1. The van der Waals surface area contributed by atoms with E-state index in [0.717, 1.165) is 25.2 Å². The lowest BCUT2D eigenvalue weighted by molar-refractivity contribution is -0.119. The molecule has 8 heteroatoms. The molecule has 0 bridgehead atoms. The van der Waals surface area contributed by atoms with E-state index in [9.17, 15) is 9.59 Å². The molecule has 1 aliphatic rings. The lowest BCUT2D eigenvalue weighted by Crippen LogP contribution is -2.38. The Morgan fingerprint density at radius 1 is 1.32 bits per heavy atom. The second-order valence-electron chi connectivity index (χ2n) is 5.58. The number of rotatable bonds is 5. The minimum absolute atomic E-state index is 0.142. The summed E-state index contributed by atoms with van der Waals surface area (Å²) in [6, 6.07) is 5.23. The standard InChI is InChI=1S/C17H23N3O4S/c1-3-4-15(21)19-17(25)18-13-11-12(16(22)23-2)5-6-14(13)20-7-9-24-10-8-20/h5-6,11H,3-4,7-10H2,1-2H3,(H2,18,19,21,25). The Bertz CT molecular complexity index is 645. The van der Waals surface area contributed by atoms with Gasteiger partial charge in [-0.05, 0) is 36.8 Å². The normalized spacial score (nSPS) is 13.9. The fourth-order valence-corrected chi connectivity index (χ4v) is 2.75. The second-order valence-corrected chi connectivity index (χ2v) is 5.98. The van der Waals surface area contributed by atoms with Crippen LogP contribution in [0.1, 0.15) is 30.1 Å². The van der Waals surface area contributed by atoms with E-state index in [2.05, 4.69) is 15.5 Å². The number of amides is 1. The smallest absolute Gasteiger partial charge is 0.337 e. The maximum Gasteiger partial charge on any atom is 0.337 e. The van der Waals surface area contributed by atoms with Gasteiger partial charge < -0.3 is 25.0 Å². The van der Waals surface area contributed by atoms with Crippen LogP contribution in [-0.4, -0.2) is 50.4 Å². The zero-order chi connectivity index (χ0) is 18.2. The summed E-state index contributed by atoms with van der Waals surface area (Å²) >= 11 is 5.22. The van der Waals surface area contributed by atoms with Crippen molar-refractivity contribution in [1.29, 1.82) is 0 Å². The summed E-state index contributed by atoms with van der Waals surface area (Å²) < 4.78 is 10.2. The molecule has 25 heavy (non-hydrogen) atoms. The van der Waals surface area contributed by atoms with Crippen LogP contribution in [0.15, 0.2) is 18.2 Å². The Morgan fingerprint density at radius 3 is 2.68 bits per heavy atom. The van der Waals surface area contributed by atoms with E-state index in [-0.39, 0.29) is 11.0 Å². The molecular formula is C17H23N3O4S. The van der Waals surface area contributed by atoms with E-state index in [1.54, 1.807) is 12.1 Å². The molecule has 1 fully saturated rings. The van der Waals surface area contributed by atoms with Crippen molar-refractivity contribution < 1.29 is 19.1 Å². The minimum Gasteiger partial charge on any atom is -0.465 e. The van der Waals surface area contributed by atoms with Crippen LogP contribution in [0.25, 0.3) is 0 Å². The van der Waals surface area contributed by atoms with Crippen molar-refractivity contribution in [3.63, 3.8) is 0 Å². The molecular weight excluding hydrogens is 342 g/mol. The van der Waals surface area contributed by atoms with Crippen molar-refractivity contribution in [1.82, 2.24) is 5.32 Å². The first-order valence-corrected chi connectivity index (χ1v) is 8.62. The van der Waals surface area contributed by atoms with Gasteiger partial charge in [-0.15, -0.1) is 0 Å². The highest BCUT2D eigenvalue weighted by atomic mass is 32.1. The first kappa shape index (κ1) is 19.1. The van der Waals surface area contributed by atoms with Gasteiger partial charge in [0.1, 0.15) is 0 Å². The van der Waals surface area contributed by atoms with E-state index >= 15 is 0 Å². The molecule has 0 unspecified atom stereocenters. The maximum absolute atomic E-state index is 11.8. The van der Waals surface area contributed by atoms with Crippen LogP contribution >= 0.6 is 12.2 Å². The summed E-state index contributed by atoms with van der Waals surface area (Å²) in [4.78, 5) is 25.7. The van der Waals surface area contributed by atoms with Crippen LogP contribution in [-0.2, 0) is 14.3 Å². The molecule has 1 saturated heterocycles. The fourth-order valence-electron chi connectivity index (χ4n) is 2.53. The highest BCUT2D eigenvalue weighted by Crippen LogP contribution is 2.28. The van der Waals surface area contributed by atoms with Gasteiger partial charge in [-0.2, -0.15) is 0 Å². The third kappa shape index (κ3) is 5.40. The Balaban J connectivity index is 2.22. The first-order valence-electron chi connectivity index (χ1n) is 8.21. The molecule has 2 N–H and O–H groups in total. The molecule has 0 aromatic heterocycles. The monoisotopic (exact) mass is 365 g/mol. The molecule has 0 atom stereocenters. The quantitative estimate of drug-likeness (QED) is 0.609. The molecule has 136 valence electrons. The molecule has 1 aliphatic heterocycles. The van der Waals surface area contributed by atoms with Crippen LogP contribution < -0.4 is 15.5 Å².